The van der Waals surface area contributed by atoms with Gasteiger partial charge in [-0.3, -0.25) is 0 Å². The van der Waals surface area contributed by atoms with E-state index in [9.17, 15) is 5.11 Å². The second-order valence-corrected chi connectivity index (χ2v) is 5.93. The van der Waals surface area contributed by atoms with E-state index in [-0.39, 0.29) is 17.9 Å². The molecule has 0 radical (unpaired) electrons. The number of thioether (sulfide) groups is 1. The summed E-state index contributed by atoms with van der Waals surface area (Å²) >= 11 is 1.66. The summed E-state index contributed by atoms with van der Waals surface area (Å²) in [5, 5.41) is 16.1. The lowest BCUT2D eigenvalue weighted by Gasteiger charge is -2.23. The molecular weight excluding hydrogens is 272 g/mol. The zero-order valence-electron chi connectivity index (χ0n) is 13.0. The maximum absolute atomic E-state index is 9.38. The fourth-order valence-electron chi connectivity index (χ4n) is 2.03. The van der Waals surface area contributed by atoms with E-state index in [0.717, 1.165) is 35.9 Å². The van der Waals surface area contributed by atoms with Crippen LogP contribution in [0.15, 0.2) is 0 Å². The molecule has 0 aliphatic carbocycles. The molecule has 0 fully saturated rings. The molecule has 3 N–H and O–H groups in total. The number of aryl methyl sites for hydroxylation is 1. The minimum absolute atomic E-state index is 0.141. The van der Waals surface area contributed by atoms with E-state index >= 15 is 0 Å². The van der Waals surface area contributed by atoms with Crippen molar-refractivity contribution >= 4 is 23.4 Å². The predicted molar refractivity (Wildman–Crippen MR) is 87.8 cm³/mol. The Bertz CT molecular complexity index is 424. The Morgan fingerprint density at radius 2 is 1.95 bits per heavy atom. The minimum atomic E-state index is 0.141. The summed E-state index contributed by atoms with van der Waals surface area (Å²) in [6, 6.07) is 0.141. The Balaban J connectivity index is 3.00. The number of aliphatic hydroxyl groups is 1. The third kappa shape index (κ3) is 4.24. The lowest BCUT2D eigenvalue weighted by atomic mass is 10.2. The van der Waals surface area contributed by atoms with Crippen LogP contribution in [0.5, 0.6) is 0 Å². The van der Waals surface area contributed by atoms with Gasteiger partial charge in [-0.2, -0.15) is 11.8 Å². The summed E-state index contributed by atoms with van der Waals surface area (Å²) in [5.41, 5.74) is 1.01. The Kier molecular flexibility index (Phi) is 7.09. The summed E-state index contributed by atoms with van der Waals surface area (Å²) < 4.78 is 0. The number of hydrogen-bond donors (Lipinski definition) is 3. The first-order valence-corrected chi connectivity index (χ1v) is 8.31. The van der Waals surface area contributed by atoms with Gasteiger partial charge in [0.15, 0.2) is 0 Å². The van der Waals surface area contributed by atoms with E-state index in [0.29, 0.717) is 0 Å². The van der Waals surface area contributed by atoms with Gasteiger partial charge in [0, 0.05) is 30.3 Å². The van der Waals surface area contributed by atoms with E-state index in [2.05, 4.69) is 34.4 Å². The van der Waals surface area contributed by atoms with Crippen LogP contribution >= 0.6 is 11.8 Å². The number of rotatable bonds is 8. The van der Waals surface area contributed by atoms with Crippen LogP contribution < -0.4 is 10.6 Å². The van der Waals surface area contributed by atoms with Crippen molar-refractivity contribution in [2.24, 2.45) is 0 Å². The van der Waals surface area contributed by atoms with Gasteiger partial charge >= 0.3 is 0 Å². The monoisotopic (exact) mass is 298 g/mol. The molecular formula is C14H26N4OS. The molecule has 0 bridgehead atoms. The highest BCUT2D eigenvalue weighted by Crippen LogP contribution is 2.23. The number of nitrogens with zero attached hydrogens (tertiary/aromatic N) is 2. The lowest BCUT2D eigenvalue weighted by molar-refractivity contribution is 0.288. The van der Waals surface area contributed by atoms with Crippen molar-refractivity contribution in [1.82, 2.24) is 9.97 Å². The SMILES string of the molecule is CCCc1nc(NC)c(C)c(NC(C)C(CO)SC)n1. The van der Waals surface area contributed by atoms with Crippen LogP contribution in [-0.2, 0) is 6.42 Å². The lowest BCUT2D eigenvalue weighted by Crippen LogP contribution is -2.32. The summed E-state index contributed by atoms with van der Waals surface area (Å²) in [6.45, 7) is 6.34. The highest BCUT2D eigenvalue weighted by molar-refractivity contribution is 7.99. The largest absolute Gasteiger partial charge is 0.395 e. The van der Waals surface area contributed by atoms with E-state index in [1.807, 2.05) is 20.2 Å². The van der Waals surface area contributed by atoms with Crippen molar-refractivity contribution in [3.8, 4) is 0 Å². The van der Waals surface area contributed by atoms with E-state index in [4.69, 9.17) is 0 Å². The highest BCUT2D eigenvalue weighted by Gasteiger charge is 2.18. The Morgan fingerprint density at radius 3 is 2.45 bits per heavy atom. The zero-order valence-corrected chi connectivity index (χ0v) is 13.8. The smallest absolute Gasteiger partial charge is 0.135 e. The summed E-state index contributed by atoms with van der Waals surface area (Å²) in [4.78, 5) is 9.13. The zero-order chi connectivity index (χ0) is 15.1. The molecule has 114 valence electrons. The van der Waals surface area contributed by atoms with Crippen molar-refractivity contribution in [3.05, 3.63) is 11.4 Å². The first-order valence-electron chi connectivity index (χ1n) is 7.02. The van der Waals surface area contributed by atoms with E-state index in [1.54, 1.807) is 11.8 Å². The molecule has 5 nitrogen and oxygen atoms in total. The molecule has 6 heteroatoms. The van der Waals surface area contributed by atoms with E-state index in [1.165, 1.54) is 0 Å². The maximum Gasteiger partial charge on any atom is 0.135 e. The van der Waals surface area contributed by atoms with Gasteiger partial charge in [-0.1, -0.05) is 6.92 Å². The maximum atomic E-state index is 9.38. The van der Waals surface area contributed by atoms with Crippen LogP contribution in [0.1, 0.15) is 31.7 Å². The molecule has 0 saturated carbocycles. The fourth-order valence-corrected chi connectivity index (χ4v) is 2.65. The molecule has 1 aromatic rings. The van der Waals surface area contributed by atoms with Crippen LogP contribution in [0.3, 0.4) is 0 Å². The van der Waals surface area contributed by atoms with Gasteiger partial charge in [0.05, 0.1) is 6.61 Å². The third-order valence-corrected chi connectivity index (χ3v) is 4.47. The van der Waals surface area contributed by atoms with Crippen LogP contribution in [0, 0.1) is 6.92 Å². The molecule has 1 rings (SSSR count). The first-order chi connectivity index (χ1) is 9.57. The van der Waals surface area contributed by atoms with Crippen LogP contribution in [-0.4, -0.2) is 46.3 Å². The average Bonchev–Trinajstić information content (AvgIpc) is 2.43. The molecule has 0 aliphatic rings. The van der Waals surface area contributed by atoms with Crippen molar-refractivity contribution in [3.63, 3.8) is 0 Å². The van der Waals surface area contributed by atoms with Crippen LogP contribution in [0.4, 0.5) is 11.6 Å². The van der Waals surface area contributed by atoms with Crippen molar-refractivity contribution in [2.45, 2.75) is 44.9 Å². The number of anilines is 2. The van der Waals surface area contributed by atoms with Crippen molar-refractivity contribution in [1.29, 1.82) is 0 Å². The molecule has 20 heavy (non-hydrogen) atoms. The van der Waals surface area contributed by atoms with Crippen LogP contribution in [0.25, 0.3) is 0 Å². The third-order valence-electron chi connectivity index (χ3n) is 3.31. The molecule has 1 heterocycles. The second-order valence-electron chi connectivity index (χ2n) is 4.85. The van der Waals surface area contributed by atoms with E-state index < -0.39 is 0 Å². The molecule has 1 aromatic heterocycles. The van der Waals surface area contributed by atoms with Gasteiger partial charge in [-0.15, -0.1) is 0 Å². The number of hydrogen-bond acceptors (Lipinski definition) is 6. The molecule has 0 amide bonds. The van der Waals surface area contributed by atoms with Gasteiger partial charge < -0.3 is 15.7 Å². The topological polar surface area (TPSA) is 70.1 Å². The summed E-state index contributed by atoms with van der Waals surface area (Å²) in [7, 11) is 1.87. The number of aliphatic hydroxyl groups excluding tert-OH is 1. The second kappa shape index (κ2) is 8.32. The predicted octanol–water partition coefficient (Wildman–Crippen LogP) is 2.30. The van der Waals surface area contributed by atoms with Gasteiger partial charge in [-0.05, 0) is 26.5 Å². The normalized spacial score (nSPS) is 13.9. The van der Waals surface area contributed by atoms with Gasteiger partial charge in [0.2, 0.25) is 0 Å². The Labute approximate surface area is 126 Å². The molecule has 0 spiro atoms. The molecule has 0 aromatic carbocycles. The average molecular weight is 298 g/mol. The molecule has 2 unspecified atom stereocenters. The van der Waals surface area contributed by atoms with Gasteiger partial charge in [-0.25, -0.2) is 9.97 Å². The highest BCUT2D eigenvalue weighted by atomic mass is 32.2. The molecule has 0 aliphatic heterocycles. The number of nitrogens with one attached hydrogen (secondary N) is 2. The van der Waals surface area contributed by atoms with Crippen molar-refractivity contribution < 1.29 is 5.11 Å². The molecule has 0 saturated heterocycles. The van der Waals surface area contributed by atoms with Crippen LogP contribution in [0.2, 0.25) is 0 Å². The number of aromatic nitrogens is 2. The Morgan fingerprint density at radius 1 is 1.30 bits per heavy atom. The fraction of sp³-hybridized carbons (Fsp3) is 0.714. The first kappa shape index (κ1) is 17.0. The Hall–Kier alpha value is -1.01. The quantitative estimate of drug-likeness (QED) is 0.684. The minimum Gasteiger partial charge on any atom is -0.395 e. The van der Waals surface area contributed by atoms with Gasteiger partial charge in [0.1, 0.15) is 17.5 Å². The van der Waals surface area contributed by atoms with Crippen molar-refractivity contribution in [2.75, 3.05) is 30.5 Å². The summed E-state index contributed by atoms with van der Waals surface area (Å²) in [6.07, 6.45) is 3.89. The standard InChI is InChI=1S/C14H26N4OS/c1-6-7-12-17-13(15-4)9(2)14(18-12)16-10(3)11(8-19)20-5/h10-11,19H,6-8H2,1-5H3,(H2,15,16,17,18). The van der Waals surface area contributed by atoms with Gasteiger partial charge in [0.25, 0.3) is 0 Å². The summed E-state index contributed by atoms with van der Waals surface area (Å²) in [5.74, 6) is 2.57. The molecule has 2 atom stereocenters.